The van der Waals surface area contributed by atoms with Gasteiger partial charge in [0.15, 0.2) is 0 Å². The standard InChI is InChI=1S/C28H35BrO3SSi/c1-22(21-33(31)23-14-8-5-9-15-23)27(30)26(29)20-32-34(28(2,3)4,24-16-10-6-11-17-24)25-18-12-7-13-19-25/h5-19,22,26-27,30H,20-21H2,1-4H3/t22-,26-,27-,33-/m1/s1. The molecule has 0 amide bonds. The third kappa shape index (κ3) is 6.16. The molecule has 0 radical (unpaired) electrons. The van der Waals surface area contributed by atoms with Crippen molar-refractivity contribution in [2.45, 2.75) is 48.6 Å². The van der Waals surface area contributed by atoms with Crippen molar-refractivity contribution in [3.8, 4) is 0 Å². The van der Waals surface area contributed by atoms with Crippen LogP contribution in [-0.2, 0) is 15.2 Å². The van der Waals surface area contributed by atoms with Gasteiger partial charge in [0.25, 0.3) is 8.32 Å². The van der Waals surface area contributed by atoms with E-state index in [1.54, 1.807) is 0 Å². The first-order valence-corrected chi connectivity index (χ1v) is 15.8. The van der Waals surface area contributed by atoms with Gasteiger partial charge in [-0.1, -0.05) is 122 Å². The van der Waals surface area contributed by atoms with Crippen molar-refractivity contribution in [2.24, 2.45) is 5.92 Å². The SMILES string of the molecule is C[C@H](C[S@@](=O)c1ccccc1)[C@@H](O)[C@H](Br)CO[Si](c1ccccc1)(c1ccccc1)C(C)(C)C. The maximum Gasteiger partial charge on any atom is 0.261 e. The molecule has 0 aliphatic carbocycles. The highest BCUT2D eigenvalue weighted by molar-refractivity contribution is 9.09. The zero-order chi connectivity index (χ0) is 24.8. The first-order valence-electron chi connectivity index (χ1n) is 11.7. The predicted octanol–water partition coefficient (Wildman–Crippen LogP) is 5.13. The number of hydrogen-bond acceptors (Lipinski definition) is 3. The molecule has 182 valence electrons. The molecule has 0 unspecified atom stereocenters. The van der Waals surface area contributed by atoms with Gasteiger partial charge < -0.3 is 9.53 Å². The maximum atomic E-state index is 12.8. The third-order valence-corrected chi connectivity index (χ3v) is 13.7. The Labute approximate surface area is 216 Å². The normalized spacial score (nSPS) is 15.9. The minimum Gasteiger partial charge on any atom is -0.406 e. The molecule has 0 bridgehead atoms. The van der Waals surface area contributed by atoms with Crippen LogP contribution in [0, 0.1) is 5.92 Å². The van der Waals surface area contributed by atoms with Crippen LogP contribution in [0.3, 0.4) is 0 Å². The molecule has 0 aliphatic rings. The van der Waals surface area contributed by atoms with E-state index in [9.17, 15) is 9.32 Å². The van der Waals surface area contributed by atoms with Crippen LogP contribution >= 0.6 is 15.9 Å². The number of alkyl halides is 1. The number of hydrogen-bond donors (Lipinski definition) is 1. The van der Waals surface area contributed by atoms with Gasteiger partial charge in [0, 0.05) is 17.3 Å². The lowest BCUT2D eigenvalue weighted by molar-refractivity contribution is 0.106. The molecule has 0 fully saturated rings. The van der Waals surface area contributed by atoms with Crippen molar-refractivity contribution in [3.63, 3.8) is 0 Å². The summed E-state index contributed by atoms with van der Waals surface area (Å²) in [6.07, 6.45) is -0.689. The van der Waals surface area contributed by atoms with Crippen LogP contribution in [0.5, 0.6) is 0 Å². The van der Waals surface area contributed by atoms with Crippen LogP contribution in [-0.4, -0.2) is 40.9 Å². The van der Waals surface area contributed by atoms with Gasteiger partial charge in [0.2, 0.25) is 0 Å². The van der Waals surface area contributed by atoms with Gasteiger partial charge in [0.1, 0.15) is 0 Å². The average molecular weight is 560 g/mol. The summed E-state index contributed by atoms with van der Waals surface area (Å²) < 4.78 is 19.7. The van der Waals surface area contributed by atoms with Gasteiger partial charge in [0.05, 0.1) is 21.7 Å². The summed E-state index contributed by atoms with van der Waals surface area (Å²) in [6, 6.07) is 30.4. The zero-order valence-corrected chi connectivity index (χ0v) is 23.8. The average Bonchev–Trinajstić information content (AvgIpc) is 2.84. The fourth-order valence-electron chi connectivity index (χ4n) is 4.43. The Bertz CT molecular complexity index is 1000. The van der Waals surface area contributed by atoms with Crippen LogP contribution in [0.25, 0.3) is 0 Å². The molecule has 3 aromatic carbocycles. The summed E-state index contributed by atoms with van der Waals surface area (Å²) in [7, 11) is -3.84. The van der Waals surface area contributed by atoms with Crippen LogP contribution in [0.1, 0.15) is 27.7 Å². The highest BCUT2D eigenvalue weighted by Crippen LogP contribution is 2.37. The number of aliphatic hydroxyl groups is 1. The van der Waals surface area contributed by atoms with E-state index in [2.05, 4.69) is 85.2 Å². The molecular formula is C28H35BrO3SSi. The molecular weight excluding hydrogens is 524 g/mol. The van der Waals surface area contributed by atoms with Gasteiger partial charge in [-0.15, -0.1) is 0 Å². The Hall–Kier alpha value is -1.57. The summed E-state index contributed by atoms with van der Waals surface area (Å²) in [6.45, 7) is 9.03. The Morgan fingerprint density at radius 2 is 1.32 bits per heavy atom. The van der Waals surface area contributed by atoms with Crippen molar-refractivity contribution in [2.75, 3.05) is 12.4 Å². The Morgan fingerprint density at radius 3 is 1.76 bits per heavy atom. The minimum atomic E-state index is -2.68. The van der Waals surface area contributed by atoms with Gasteiger partial charge in [-0.25, -0.2) is 0 Å². The van der Waals surface area contributed by atoms with Crippen LogP contribution in [0.15, 0.2) is 95.9 Å². The maximum absolute atomic E-state index is 12.8. The topological polar surface area (TPSA) is 46.5 Å². The van der Waals surface area contributed by atoms with E-state index in [1.165, 1.54) is 10.4 Å². The van der Waals surface area contributed by atoms with E-state index < -0.39 is 25.2 Å². The monoisotopic (exact) mass is 558 g/mol. The van der Waals surface area contributed by atoms with E-state index in [1.807, 2.05) is 49.4 Å². The predicted molar refractivity (Wildman–Crippen MR) is 149 cm³/mol. The Kier molecular flexibility index (Phi) is 9.47. The largest absolute Gasteiger partial charge is 0.406 e. The minimum absolute atomic E-state index is 0.131. The van der Waals surface area contributed by atoms with Crippen molar-refractivity contribution in [1.29, 1.82) is 0 Å². The highest BCUT2D eigenvalue weighted by Gasteiger charge is 2.50. The zero-order valence-electron chi connectivity index (χ0n) is 20.4. The Balaban J connectivity index is 1.81. The van der Waals surface area contributed by atoms with Gasteiger partial charge in [-0.3, -0.25) is 4.21 Å². The molecule has 1 N–H and O–H groups in total. The number of benzene rings is 3. The molecule has 0 saturated carbocycles. The fraction of sp³-hybridized carbons (Fsp3) is 0.357. The molecule has 0 heterocycles. The van der Waals surface area contributed by atoms with E-state index in [0.717, 1.165) is 4.90 Å². The van der Waals surface area contributed by atoms with Crippen LogP contribution in [0.2, 0.25) is 5.04 Å². The lowest BCUT2D eigenvalue weighted by atomic mass is 10.0. The van der Waals surface area contributed by atoms with E-state index in [4.69, 9.17) is 4.43 Å². The smallest absolute Gasteiger partial charge is 0.261 e. The molecule has 3 nitrogen and oxygen atoms in total. The molecule has 4 atom stereocenters. The fourth-order valence-corrected chi connectivity index (χ4v) is 11.2. The molecule has 0 saturated heterocycles. The van der Waals surface area contributed by atoms with Gasteiger partial charge >= 0.3 is 0 Å². The molecule has 3 rings (SSSR count). The number of halogens is 1. The summed E-state index contributed by atoms with van der Waals surface area (Å²) in [5, 5.41) is 13.4. The van der Waals surface area contributed by atoms with Gasteiger partial charge in [-0.05, 0) is 33.5 Å². The lowest BCUT2D eigenvalue weighted by Gasteiger charge is -2.43. The number of rotatable bonds is 10. The summed E-state index contributed by atoms with van der Waals surface area (Å²) in [5.74, 6) is 0.236. The van der Waals surface area contributed by atoms with Gasteiger partial charge in [-0.2, -0.15) is 0 Å². The summed E-state index contributed by atoms with van der Waals surface area (Å²) in [5.41, 5.74) is 0. The number of aliphatic hydroxyl groups excluding tert-OH is 1. The van der Waals surface area contributed by atoms with E-state index in [-0.39, 0.29) is 15.8 Å². The van der Waals surface area contributed by atoms with E-state index in [0.29, 0.717) is 12.4 Å². The highest BCUT2D eigenvalue weighted by atomic mass is 79.9. The molecule has 6 heteroatoms. The molecule has 34 heavy (non-hydrogen) atoms. The van der Waals surface area contributed by atoms with Crippen LogP contribution < -0.4 is 10.4 Å². The molecule has 0 aliphatic heterocycles. The second-order valence-electron chi connectivity index (χ2n) is 9.78. The molecule has 0 aromatic heterocycles. The first kappa shape index (κ1) is 27.0. The summed E-state index contributed by atoms with van der Waals surface area (Å²) in [4.78, 5) is 0.508. The second-order valence-corrected chi connectivity index (χ2v) is 16.8. The van der Waals surface area contributed by atoms with E-state index >= 15 is 0 Å². The van der Waals surface area contributed by atoms with Crippen molar-refractivity contribution < 1.29 is 13.7 Å². The molecule has 3 aromatic rings. The van der Waals surface area contributed by atoms with Crippen molar-refractivity contribution >= 4 is 45.4 Å². The lowest BCUT2D eigenvalue weighted by Crippen LogP contribution is -2.67. The Morgan fingerprint density at radius 1 is 0.882 bits per heavy atom. The molecule has 0 spiro atoms. The van der Waals surface area contributed by atoms with Crippen molar-refractivity contribution in [3.05, 3.63) is 91.0 Å². The van der Waals surface area contributed by atoms with Crippen LogP contribution in [0.4, 0.5) is 0 Å². The summed E-state index contributed by atoms with van der Waals surface area (Å²) >= 11 is 3.70. The second kappa shape index (κ2) is 11.9. The quantitative estimate of drug-likeness (QED) is 0.277. The first-order chi connectivity index (χ1) is 16.2. The third-order valence-electron chi connectivity index (χ3n) is 6.25. The van der Waals surface area contributed by atoms with Crippen molar-refractivity contribution in [1.82, 2.24) is 0 Å².